The van der Waals surface area contributed by atoms with Crippen LogP contribution < -0.4 is 16.4 Å². The number of aromatic nitrogens is 3. The van der Waals surface area contributed by atoms with Gasteiger partial charge in [-0.3, -0.25) is 19.2 Å². The van der Waals surface area contributed by atoms with E-state index in [0.29, 0.717) is 16.6 Å². The summed E-state index contributed by atoms with van der Waals surface area (Å²) in [7, 11) is 0. The van der Waals surface area contributed by atoms with Gasteiger partial charge in [-0.05, 0) is 18.1 Å². The van der Waals surface area contributed by atoms with Crippen LogP contribution in [0.2, 0.25) is 0 Å². The van der Waals surface area contributed by atoms with Gasteiger partial charge >= 0.3 is 0 Å². The van der Waals surface area contributed by atoms with Gasteiger partial charge in [0.1, 0.15) is 0 Å². The second kappa shape index (κ2) is 9.98. The molecule has 29 heavy (non-hydrogen) atoms. The summed E-state index contributed by atoms with van der Waals surface area (Å²) in [6.45, 7) is 4.07. The highest BCUT2D eigenvalue weighted by molar-refractivity contribution is 5.95. The molecule has 9 heteroatoms. The Balaban J connectivity index is 0.000000941. The molecule has 2 heterocycles. The Labute approximate surface area is 166 Å². The standard InChI is InChI=1S/C19H20N4O3.CH2O2/c1-12(2)17-15(7-8-16(24)22-17)18(25)20-9-10-23-19(26)14-6-4-3-5-13(14)11-21-23;2-1-3/h3-8,11-12H,9-10H2,1-2H3,(H,20,25)(H,22,24);1H,(H,2,3). The summed E-state index contributed by atoms with van der Waals surface area (Å²) in [6.07, 6.45) is 1.64. The molecular weight excluding hydrogens is 376 g/mol. The van der Waals surface area contributed by atoms with Crippen molar-refractivity contribution in [3.8, 4) is 0 Å². The number of carbonyl (C=O) groups excluding carboxylic acids is 1. The van der Waals surface area contributed by atoms with E-state index in [0.717, 1.165) is 5.39 Å². The van der Waals surface area contributed by atoms with Gasteiger partial charge in [0, 0.05) is 23.7 Å². The van der Waals surface area contributed by atoms with Gasteiger partial charge < -0.3 is 15.4 Å². The number of benzene rings is 1. The lowest BCUT2D eigenvalue weighted by molar-refractivity contribution is -0.122. The third-order valence-corrected chi connectivity index (χ3v) is 4.14. The Hall–Kier alpha value is -3.75. The zero-order valence-corrected chi connectivity index (χ0v) is 16.1. The number of aromatic amines is 1. The number of H-pyrrole nitrogens is 1. The number of nitrogens with one attached hydrogen (secondary N) is 2. The lowest BCUT2D eigenvalue weighted by Gasteiger charge is -2.12. The molecule has 0 unspecified atom stereocenters. The van der Waals surface area contributed by atoms with Gasteiger partial charge in [-0.25, -0.2) is 4.68 Å². The van der Waals surface area contributed by atoms with Gasteiger partial charge in [0.05, 0.1) is 23.7 Å². The van der Waals surface area contributed by atoms with Crippen molar-refractivity contribution in [2.45, 2.75) is 26.3 Å². The van der Waals surface area contributed by atoms with Crippen molar-refractivity contribution < 1.29 is 14.7 Å². The van der Waals surface area contributed by atoms with Crippen LogP contribution in [-0.2, 0) is 11.3 Å². The maximum absolute atomic E-state index is 12.4. The van der Waals surface area contributed by atoms with Crippen molar-refractivity contribution in [3.05, 3.63) is 74.6 Å². The van der Waals surface area contributed by atoms with E-state index in [-0.39, 0.29) is 42.5 Å². The summed E-state index contributed by atoms with van der Waals surface area (Å²) < 4.78 is 1.33. The van der Waals surface area contributed by atoms with Crippen molar-refractivity contribution in [1.82, 2.24) is 20.1 Å². The van der Waals surface area contributed by atoms with Crippen LogP contribution in [-0.4, -0.2) is 38.8 Å². The van der Waals surface area contributed by atoms with E-state index >= 15 is 0 Å². The molecule has 1 aromatic carbocycles. The fourth-order valence-electron chi connectivity index (χ4n) is 2.80. The van der Waals surface area contributed by atoms with Crippen LogP contribution in [0, 0.1) is 0 Å². The minimum atomic E-state index is -0.293. The Kier molecular flexibility index (Phi) is 7.41. The molecule has 0 bridgehead atoms. The third kappa shape index (κ3) is 5.38. The summed E-state index contributed by atoms with van der Waals surface area (Å²) in [4.78, 5) is 47.4. The molecular formula is C20H22N4O5. The molecule has 0 saturated heterocycles. The number of carbonyl (C=O) groups is 2. The first-order valence-corrected chi connectivity index (χ1v) is 8.93. The zero-order valence-electron chi connectivity index (χ0n) is 16.1. The summed E-state index contributed by atoms with van der Waals surface area (Å²) in [5, 5.41) is 15.2. The van der Waals surface area contributed by atoms with E-state index in [1.54, 1.807) is 18.3 Å². The average molecular weight is 398 g/mol. The van der Waals surface area contributed by atoms with Crippen molar-refractivity contribution >= 4 is 23.2 Å². The van der Waals surface area contributed by atoms with Gasteiger partial charge in [0.2, 0.25) is 5.56 Å². The first-order valence-electron chi connectivity index (χ1n) is 8.93. The molecule has 0 aliphatic rings. The van der Waals surface area contributed by atoms with E-state index in [2.05, 4.69) is 15.4 Å². The molecule has 2 aromatic heterocycles. The Bertz CT molecular complexity index is 1120. The second-order valence-electron chi connectivity index (χ2n) is 6.43. The molecule has 0 fully saturated rings. The maximum atomic E-state index is 12.4. The number of hydrogen-bond donors (Lipinski definition) is 3. The lowest BCUT2D eigenvalue weighted by atomic mass is 10.0. The number of hydrogen-bond acceptors (Lipinski definition) is 5. The van der Waals surface area contributed by atoms with Gasteiger partial charge in [0.25, 0.3) is 17.9 Å². The van der Waals surface area contributed by atoms with Crippen LogP contribution in [0.1, 0.15) is 35.8 Å². The van der Waals surface area contributed by atoms with Gasteiger partial charge in [0.15, 0.2) is 0 Å². The highest BCUT2D eigenvalue weighted by atomic mass is 16.3. The number of amides is 1. The normalized spacial score (nSPS) is 10.3. The SMILES string of the molecule is CC(C)c1[nH]c(=O)ccc1C(=O)NCCn1ncc2ccccc2c1=O.O=CO. The number of fused-ring (bicyclic) bond motifs is 1. The van der Waals surface area contributed by atoms with E-state index < -0.39 is 0 Å². The van der Waals surface area contributed by atoms with Crippen LogP contribution in [0.3, 0.4) is 0 Å². The predicted molar refractivity (Wildman–Crippen MR) is 108 cm³/mol. The second-order valence-corrected chi connectivity index (χ2v) is 6.43. The molecule has 0 radical (unpaired) electrons. The molecule has 3 rings (SSSR count). The topological polar surface area (TPSA) is 134 Å². The average Bonchev–Trinajstić information content (AvgIpc) is 2.70. The lowest BCUT2D eigenvalue weighted by Crippen LogP contribution is -2.33. The fourth-order valence-corrected chi connectivity index (χ4v) is 2.80. The van der Waals surface area contributed by atoms with Crippen LogP contribution in [0.5, 0.6) is 0 Å². The van der Waals surface area contributed by atoms with Gasteiger partial charge in [-0.1, -0.05) is 32.0 Å². The van der Waals surface area contributed by atoms with E-state index in [9.17, 15) is 14.4 Å². The molecule has 0 aliphatic carbocycles. The highest BCUT2D eigenvalue weighted by Crippen LogP contribution is 2.14. The van der Waals surface area contributed by atoms with Gasteiger partial charge in [-0.15, -0.1) is 0 Å². The molecule has 0 saturated carbocycles. The Morgan fingerprint density at radius 3 is 2.62 bits per heavy atom. The van der Waals surface area contributed by atoms with E-state index in [1.807, 2.05) is 26.0 Å². The summed E-state index contributed by atoms with van der Waals surface area (Å²) in [5.74, 6) is -0.284. The minimum absolute atomic E-state index is 0.00873. The summed E-state index contributed by atoms with van der Waals surface area (Å²) in [6, 6.07) is 10.1. The number of nitrogens with zero attached hydrogens (tertiary/aromatic N) is 2. The number of carboxylic acid groups (broad SMARTS) is 1. The first-order chi connectivity index (χ1) is 13.9. The summed E-state index contributed by atoms with van der Waals surface area (Å²) >= 11 is 0. The van der Waals surface area contributed by atoms with Crippen molar-refractivity contribution in [1.29, 1.82) is 0 Å². The maximum Gasteiger partial charge on any atom is 0.290 e. The van der Waals surface area contributed by atoms with E-state index in [1.165, 1.54) is 16.8 Å². The number of pyridine rings is 1. The molecule has 0 spiro atoms. The highest BCUT2D eigenvalue weighted by Gasteiger charge is 2.14. The molecule has 0 atom stereocenters. The third-order valence-electron chi connectivity index (χ3n) is 4.14. The number of rotatable bonds is 5. The fraction of sp³-hybridized carbons (Fsp3) is 0.250. The molecule has 3 N–H and O–H groups in total. The largest absolute Gasteiger partial charge is 0.483 e. The van der Waals surface area contributed by atoms with Crippen LogP contribution in [0.15, 0.2) is 52.2 Å². The van der Waals surface area contributed by atoms with Crippen molar-refractivity contribution in [3.63, 3.8) is 0 Å². The molecule has 1 amide bonds. The monoisotopic (exact) mass is 398 g/mol. The Morgan fingerprint density at radius 1 is 1.24 bits per heavy atom. The first kappa shape index (κ1) is 21.5. The van der Waals surface area contributed by atoms with Crippen LogP contribution in [0.25, 0.3) is 10.8 Å². The molecule has 0 aliphatic heterocycles. The minimum Gasteiger partial charge on any atom is -0.483 e. The van der Waals surface area contributed by atoms with Crippen molar-refractivity contribution in [2.75, 3.05) is 6.54 Å². The predicted octanol–water partition coefficient (Wildman–Crippen LogP) is 1.34. The van der Waals surface area contributed by atoms with Crippen LogP contribution >= 0.6 is 0 Å². The summed E-state index contributed by atoms with van der Waals surface area (Å²) in [5.41, 5.74) is 0.593. The van der Waals surface area contributed by atoms with E-state index in [4.69, 9.17) is 9.90 Å². The molecule has 9 nitrogen and oxygen atoms in total. The molecule has 152 valence electrons. The van der Waals surface area contributed by atoms with Gasteiger partial charge in [-0.2, -0.15) is 5.10 Å². The van der Waals surface area contributed by atoms with Crippen molar-refractivity contribution in [2.24, 2.45) is 0 Å². The van der Waals surface area contributed by atoms with Crippen LogP contribution in [0.4, 0.5) is 0 Å². The quantitative estimate of drug-likeness (QED) is 0.555. The smallest absolute Gasteiger partial charge is 0.290 e. The molecule has 3 aromatic rings. The zero-order chi connectivity index (χ0) is 21.4. The Morgan fingerprint density at radius 2 is 1.93 bits per heavy atom.